The number of rotatable bonds is 4. The van der Waals surface area contributed by atoms with Gasteiger partial charge < -0.3 is 0 Å². The molecule has 2 heterocycles. The molecule has 1 amide bonds. The molecule has 0 radical (unpaired) electrons. The summed E-state index contributed by atoms with van der Waals surface area (Å²) in [7, 11) is 0. The first-order valence-electron chi connectivity index (χ1n) is 5.24. The first kappa shape index (κ1) is 12.5. The Morgan fingerprint density at radius 1 is 1.39 bits per heavy atom. The topological polar surface area (TPSA) is 96.5 Å². The molecule has 7 nitrogen and oxygen atoms in total. The molecular formula is C10H12N6OS. The number of carbonyl (C=O) groups excluding carboxylic acids is 1. The second kappa shape index (κ2) is 5.58. The van der Waals surface area contributed by atoms with Gasteiger partial charge in [-0.2, -0.15) is 10.1 Å². The summed E-state index contributed by atoms with van der Waals surface area (Å²) >= 11 is 1.28. The minimum Gasteiger partial charge on any atom is -0.294 e. The Morgan fingerprint density at radius 3 is 2.72 bits per heavy atom. The van der Waals surface area contributed by atoms with E-state index in [9.17, 15) is 4.79 Å². The minimum absolute atomic E-state index is 0.181. The van der Waals surface area contributed by atoms with Crippen LogP contribution >= 0.6 is 11.8 Å². The quantitative estimate of drug-likeness (QED) is 0.630. The molecule has 2 rings (SSSR count). The van der Waals surface area contributed by atoms with E-state index < -0.39 is 0 Å². The van der Waals surface area contributed by atoms with Crippen molar-refractivity contribution in [3.05, 3.63) is 23.8 Å². The highest BCUT2D eigenvalue weighted by molar-refractivity contribution is 7.99. The van der Waals surface area contributed by atoms with Crippen molar-refractivity contribution in [2.45, 2.75) is 19.0 Å². The smallest absolute Gasteiger partial charge is 0.237 e. The molecule has 0 aliphatic rings. The lowest BCUT2D eigenvalue weighted by Crippen LogP contribution is -2.15. The number of nitrogens with one attached hydrogen (secondary N) is 2. The fraction of sp³-hybridized carbons (Fsp3) is 0.300. The third-order valence-electron chi connectivity index (χ3n) is 1.97. The van der Waals surface area contributed by atoms with Crippen LogP contribution in [0.5, 0.6) is 0 Å². The summed E-state index contributed by atoms with van der Waals surface area (Å²) in [5.74, 6) is 0.380. The van der Waals surface area contributed by atoms with Crippen LogP contribution < -0.4 is 5.32 Å². The van der Waals surface area contributed by atoms with E-state index in [1.54, 1.807) is 0 Å². The van der Waals surface area contributed by atoms with E-state index >= 15 is 0 Å². The Balaban J connectivity index is 1.89. The number of H-pyrrole nitrogens is 1. The maximum Gasteiger partial charge on any atom is 0.237 e. The van der Waals surface area contributed by atoms with Crippen molar-refractivity contribution in [3.8, 4) is 0 Å². The van der Waals surface area contributed by atoms with E-state index in [2.05, 4.69) is 30.5 Å². The second-order valence-electron chi connectivity index (χ2n) is 3.60. The maximum atomic E-state index is 11.6. The van der Waals surface area contributed by atoms with E-state index in [0.717, 1.165) is 11.4 Å². The number of amides is 1. The lowest BCUT2D eigenvalue weighted by Gasteiger charge is -2.03. The van der Waals surface area contributed by atoms with E-state index in [1.165, 1.54) is 18.1 Å². The van der Waals surface area contributed by atoms with Gasteiger partial charge in [-0.1, -0.05) is 11.8 Å². The van der Waals surface area contributed by atoms with Gasteiger partial charge in [0.2, 0.25) is 11.9 Å². The van der Waals surface area contributed by atoms with Crippen molar-refractivity contribution in [1.29, 1.82) is 0 Å². The van der Waals surface area contributed by atoms with Crippen molar-refractivity contribution >= 4 is 23.6 Å². The third kappa shape index (κ3) is 3.52. The molecule has 94 valence electrons. The number of anilines is 1. The molecule has 2 N–H and O–H groups in total. The largest absolute Gasteiger partial charge is 0.294 e. The number of aromatic amines is 1. The highest BCUT2D eigenvalue weighted by Crippen LogP contribution is 2.14. The third-order valence-corrected chi connectivity index (χ3v) is 2.81. The summed E-state index contributed by atoms with van der Waals surface area (Å²) in [5.41, 5.74) is 1.78. The molecule has 18 heavy (non-hydrogen) atoms. The van der Waals surface area contributed by atoms with Gasteiger partial charge in [0.05, 0.1) is 5.75 Å². The summed E-state index contributed by atoms with van der Waals surface area (Å²) in [5, 5.41) is 9.36. The zero-order valence-electron chi connectivity index (χ0n) is 9.97. The van der Waals surface area contributed by atoms with Gasteiger partial charge in [-0.15, -0.1) is 0 Å². The summed E-state index contributed by atoms with van der Waals surface area (Å²) in [6, 6.07) is 1.89. The normalized spacial score (nSPS) is 10.3. The van der Waals surface area contributed by atoms with Crippen LogP contribution in [0.3, 0.4) is 0 Å². The zero-order valence-corrected chi connectivity index (χ0v) is 10.8. The molecule has 0 aliphatic heterocycles. The maximum absolute atomic E-state index is 11.6. The monoisotopic (exact) mass is 264 g/mol. The number of nitrogens with zero attached hydrogens (tertiary/aromatic N) is 4. The van der Waals surface area contributed by atoms with Gasteiger partial charge in [-0.3, -0.25) is 10.1 Å². The fourth-order valence-electron chi connectivity index (χ4n) is 1.32. The number of aryl methyl sites for hydroxylation is 2. The first-order chi connectivity index (χ1) is 8.63. The Morgan fingerprint density at radius 2 is 2.11 bits per heavy atom. The van der Waals surface area contributed by atoms with Crippen molar-refractivity contribution in [3.63, 3.8) is 0 Å². The van der Waals surface area contributed by atoms with Crippen LogP contribution in [-0.2, 0) is 4.79 Å². The molecule has 0 saturated carbocycles. The molecule has 2 aromatic heterocycles. The molecule has 0 spiro atoms. The Kier molecular flexibility index (Phi) is 3.88. The predicted octanol–water partition coefficient (Wildman–Crippen LogP) is 0.942. The van der Waals surface area contributed by atoms with Crippen LogP contribution in [0.25, 0.3) is 0 Å². The van der Waals surface area contributed by atoms with E-state index in [0.29, 0.717) is 11.1 Å². The molecule has 0 aliphatic carbocycles. The van der Waals surface area contributed by atoms with Gasteiger partial charge in [0, 0.05) is 11.4 Å². The van der Waals surface area contributed by atoms with Crippen LogP contribution in [0.15, 0.2) is 17.6 Å². The van der Waals surface area contributed by atoms with Crippen molar-refractivity contribution in [2.24, 2.45) is 0 Å². The number of carbonyl (C=O) groups is 1. The Bertz CT molecular complexity index is 521. The van der Waals surface area contributed by atoms with Crippen LogP contribution in [0.1, 0.15) is 11.4 Å². The number of hydrogen-bond acceptors (Lipinski definition) is 6. The number of hydrogen-bond donors (Lipinski definition) is 2. The molecule has 0 bridgehead atoms. The average molecular weight is 264 g/mol. The molecule has 8 heteroatoms. The Labute approximate surface area is 108 Å². The zero-order chi connectivity index (χ0) is 13.0. The molecule has 0 fully saturated rings. The van der Waals surface area contributed by atoms with Gasteiger partial charge in [-0.05, 0) is 19.9 Å². The highest BCUT2D eigenvalue weighted by atomic mass is 32.2. The standard InChI is InChI=1S/C10H12N6OS/c1-6-3-7(2)14-10(13-6)18-4-8(17)15-9-11-5-12-16-9/h3,5H,4H2,1-2H3,(H2,11,12,15,16,17). The van der Waals surface area contributed by atoms with Gasteiger partial charge in [0.25, 0.3) is 0 Å². The molecule has 0 aromatic carbocycles. The lowest BCUT2D eigenvalue weighted by molar-refractivity contribution is -0.113. The van der Waals surface area contributed by atoms with Crippen molar-refractivity contribution in [1.82, 2.24) is 25.1 Å². The van der Waals surface area contributed by atoms with Gasteiger partial charge in [0.15, 0.2) is 5.16 Å². The summed E-state index contributed by atoms with van der Waals surface area (Å²) in [4.78, 5) is 23.9. The minimum atomic E-state index is -0.181. The van der Waals surface area contributed by atoms with Crippen molar-refractivity contribution in [2.75, 3.05) is 11.1 Å². The first-order valence-corrected chi connectivity index (χ1v) is 6.22. The van der Waals surface area contributed by atoms with Gasteiger partial charge in [0.1, 0.15) is 6.33 Å². The van der Waals surface area contributed by atoms with E-state index in [-0.39, 0.29) is 11.7 Å². The molecule has 0 saturated heterocycles. The summed E-state index contributed by atoms with van der Waals surface area (Å²) < 4.78 is 0. The van der Waals surface area contributed by atoms with E-state index in [4.69, 9.17) is 0 Å². The van der Waals surface area contributed by atoms with Crippen LogP contribution in [0.4, 0.5) is 5.95 Å². The average Bonchev–Trinajstić information content (AvgIpc) is 2.78. The molecule has 2 aromatic rings. The van der Waals surface area contributed by atoms with E-state index in [1.807, 2.05) is 19.9 Å². The predicted molar refractivity (Wildman–Crippen MR) is 67.2 cm³/mol. The number of thioether (sulfide) groups is 1. The fourth-order valence-corrected chi connectivity index (χ4v) is 2.07. The van der Waals surface area contributed by atoms with Crippen LogP contribution in [0, 0.1) is 13.8 Å². The van der Waals surface area contributed by atoms with Crippen molar-refractivity contribution < 1.29 is 4.79 Å². The van der Waals surface area contributed by atoms with Gasteiger partial charge >= 0.3 is 0 Å². The molecule has 0 atom stereocenters. The Hall–Kier alpha value is -1.96. The SMILES string of the molecule is Cc1cc(C)nc(SCC(=O)Nc2ncn[nH]2)n1. The van der Waals surface area contributed by atoms with Gasteiger partial charge in [-0.25, -0.2) is 15.1 Å². The summed E-state index contributed by atoms with van der Waals surface area (Å²) in [6.45, 7) is 3.79. The molecule has 0 unspecified atom stereocenters. The second-order valence-corrected chi connectivity index (χ2v) is 4.55. The molecular weight excluding hydrogens is 252 g/mol. The highest BCUT2D eigenvalue weighted by Gasteiger charge is 2.07. The van der Waals surface area contributed by atoms with Crippen LogP contribution in [0.2, 0.25) is 0 Å². The number of aromatic nitrogens is 5. The van der Waals surface area contributed by atoms with Crippen LogP contribution in [-0.4, -0.2) is 36.8 Å². The lowest BCUT2D eigenvalue weighted by atomic mass is 10.4. The summed E-state index contributed by atoms with van der Waals surface area (Å²) in [6.07, 6.45) is 1.33.